The van der Waals surface area contributed by atoms with Crippen LogP contribution < -0.4 is 4.74 Å². The SMILES string of the molecule is O=C(O)Cc1cccc(-c2cccc(OCC=Cc3ccc(C(F)(F)F)nc3)c2)c1. The van der Waals surface area contributed by atoms with E-state index in [9.17, 15) is 18.0 Å². The number of pyridine rings is 1. The molecule has 0 radical (unpaired) electrons. The quantitative estimate of drug-likeness (QED) is 0.557. The molecule has 0 fully saturated rings. The predicted molar refractivity (Wildman–Crippen MR) is 107 cm³/mol. The molecule has 0 amide bonds. The van der Waals surface area contributed by atoms with Crippen LogP contribution in [0.5, 0.6) is 5.75 Å². The highest BCUT2D eigenvalue weighted by atomic mass is 19.4. The number of alkyl halides is 3. The van der Waals surface area contributed by atoms with Crippen LogP contribution in [0.3, 0.4) is 0 Å². The first kappa shape index (κ1) is 21.1. The Labute approximate surface area is 171 Å². The zero-order valence-corrected chi connectivity index (χ0v) is 15.8. The van der Waals surface area contributed by atoms with Crippen molar-refractivity contribution in [1.29, 1.82) is 0 Å². The molecule has 0 unspecified atom stereocenters. The Morgan fingerprint density at radius 3 is 2.43 bits per heavy atom. The zero-order chi connectivity index (χ0) is 21.6. The minimum Gasteiger partial charge on any atom is -0.490 e. The first-order valence-corrected chi connectivity index (χ1v) is 9.05. The summed E-state index contributed by atoms with van der Waals surface area (Å²) < 4.78 is 43.2. The maximum absolute atomic E-state index is 12.5. The van der Waals surface area contributed by atoms with Crippen molar-refractivity contribution in [3.8, 4) is 16.9 Å². The molecule has 0 aliphatic heterocycles. The number of aromatic nitrogens is 1. The van der Waals surface area contributed by atoms with Crippen molar-refractivity contribution in [3.05, 3.63) is 89.8 Å². The predicted octanol–water partition coefficient (Wildman–Crippen LogP) is 5.49. The minimum absolute atomic E-state index is 0.0480. The first-order chi connectivity index (χ1) is 14.3. The van der Waals surface area contributed by atoms with Gasteiger partial charge in [-0.2, -0.15) is 13.2 Å². The Morgan fingerprint density at radius 2 is 1.77 bits per heavy atom. The Kier molecular flexibility index (Phi) is 6.51. The number of hydrogen-bond donors (Lipinski definition) is 1. The molecular weight excluding hydrogens is 395 g/mol. The molecule has 0 bridgehead atoms. The van der Waals surface area contributed by atoms with E-state index in [0.717, 1.165) is 23.4 Å². The second kappa shape index (κ2) is 9.26. The number of benzene rings is 2. The third-order valence-electron chi connectivity index (χ3n) is 4.18. The van der Waals surface area contributed by atoms with E-state index in [-0.39, 0.29) is 13.0 Å². The summed E-state index contributed by atoms with van der Waals surface area (Å²) in [7, 11) is 0. The topological polar surface area (TPSA) is 59.4 Å². The maximum atomic E-state index is 12.5. The van der Waals surface area contributed by atoms with E-state index in [1.165, 1.54) is 6.07 Å². The smallest absolute Gasteiger partial charge is 0.433 e. The van der Waals surface area contributed by atoms with Gasteiger partial charge in [-0.25, -0.2) is 0 Å². The number of halogens is 3. The number of carboxylic acid groups (broad SMARTS) is 1. The van der Waals surface area contributed by atoms with E-state index in [1.807, 2.05) is 36.4 Å². The second-order valence-electron chi connectivity index (χ2n) is 6.49. The van der Waals surface area contributed by atoms with E-state index in [2.05, 4.69) is 4.98 Å². The van der Waals surface area contributed by atoms with E-state index >= 15 is 0 Å². The molecule has 3 aromatic rings. The molecule has 1 aromatic heterocycles. The lowest BCUT2D eigenvalue weighted by Gasteiger charge is -2.08. The Hall–Kier alpha value is -3.61. The van der Waals surface area contributed by atoms with Crippen LogP contribution in [0, 0.1) is 0 Å². The van der Waals surface area contributed by atoms with Gasteiger partial charge in [0.15, 0.2) is 0 Å². The van der Waals surface area contributed by atoms with Crippen LogP contribution in [0.4, 0.5) is 13.2 Å². The lowest BCUT2D eigenvalue weighted by atomic mass is 10.0. The van der Waals surface area contributed by atoms with Crippen LogP contribution in [0.25, 0.3) is 17.2 Å². The normalized spacial score (nSPS) is 11.6. The summed E-state index contributed by atoms with van der Waals surface area (Å²) in [6, 6.07) is 16.9. The summed E-state index contributed by atoms with van der Waals surface area (Å²) in [4.78, 5) is 14.3. The second-order valence-corrected chi connectivity index (χ2v) is 6.49. The van der Waals surface area contributed by atoms with Crippen molar-refractivity contribution >= 4 is 12.0 Å². The molecule has 1 N–H and O–H groups in total. The van der Waals surface area contributed by atoms with E-state index in [1.54, 1.807) is 24.3 Å². The van der Waals surface area contributed by atoms with Gasteiger partial charge in [0.25, 0.3) is 0 Å². The summed E-state index contributed by atoms with van der Waals surface area (Å²) in [6.07, 6.45) is -0.0297. The lowest BCUT2D eigenvalue weighted by Crippen LogP contribution is -2.07. The van der Waals surface area contributed by atoms with E-state index < -0.39 is 17.8 Å². The molecule has 0 aliphatic carbocycles. The third kappa shape index (κ3) is 5.94. The van der Waals surface area contributed by atoms with Gasteiger partial charge in [0.05, 0.1) is 6.42 Å². The fraction of sp³-hybridized carbons (Fsp3) is 0.130. The first-order valence-electron chi connectivity index (χ1n) is 9.05. The van der Waals surface area contributed by atoms with Crippen LogP contribution in [0.2, 0.25) is 0 Å². The largest absolute Gasteiger partial charge is 0.490 e. The van der Waals surface area contributed by atoms with E-state index in [0.29, 0.717) is 16.9 Å². The number of ether oxygens (including phenoxy) is 1. The average Bonchev–Trinajstić information content (AvgIpc) is 2.71. The number of carboxylic acids is 1. The average molecular weight is 413 g/mol. The Morgan fingerprint density at radius 1 is 1.03 bits per heavy atom. The van der Waals surface area contributed by atoms with Gasteiger partial charge in [-0.1, -0.05) is 48.5 Å². The van der Waals surface area contributed by atoms with Gasteiger partial charge in [0.2, 0.25) is 0 Å². The standard InChI is InChI=1S/C23H18F3NO3/c24-23(25,26)21-10-9-16(15-27-21)5-3-11-30-20-8-2-7-19(14-20)18-6-1-4-17(12-18)13-22(28)29/h1-10,12,14-15H,11,13H2,(H,28,29). The van der Waals surface area contributed by atoms with Crippen molar-refractivity contribution < 1.29 is 27.8 Å². The van der Waals surface area contributed by atoms with E-state index in [4.69, 9.17) is 9.84 Å². The highest BCUT2D eigenvalue weighted by molar-refractivity contribution is 5.72. The molecular formula is C23H18F3NO3. The number of rotatable bonds is 7. The monoisotopic (exact) mass is 413 g/mol. The molecule has 2 aromatic carbocycles. The summed E-state index contributed by atoms with van der Waals surface area (Å²) in [5.74, 6) is -0.273. The van der Waals surface area contributed by atoms with Crippen LogP contribution in [0.15, 0.2) is 72.9 Å². The van der Waals surface area contributed by atoms with Crippen LogP contribution in [-0.4, -0.2) is 22.7 Å². The van der Waals surface area contributed by atoms with Gasteiger partial charge in [0, 0.05) is 6.20 Å². The Bertz CT molecular complexity index is 1040. The highest BCUT2D eigenvalue weighted by Gasteiger charge is 2.31. The van der Waals surface area contributed by atoms with Gasteiger partial charge in [-0.05, 0) is 46.5 Å². The van der Waals surface area contributed by atoms with Crippen LogP contribution >= 0.6 is 0 Å². The number of aliphatic carboxylic acids is 1. The summed E-state index contributed by atoms with van der Waals surface area (Å²) >= 11 is 0. The highest BCUT2D eigenvalue weighted by Crippen LogP contribution is 2.27. The van der Waals surface area contributed by atoms with Gasteiger partial charge in [-0.15, -0.1) is 0 Å². The molecule has 30 heavy (non-hydrogen) atoms. The third-order valence-corrected chi connectivity index (χ3v) is 4.18. The zero-order valence-electron chi connectivity index (χ0n) is 15.8. The molecule has 3 rings (SSSR count). The van der Waals surface area contributed by atoms with Crippen molar-refractivity contribution in [2.75, 3.05) is 6.61 Å². The molecule has 0 spiro atoms. The molecule has 0 saturated carbocycles. The number of hydrogen-bond acceptors (Lipinski definition) is 3. The lowest BCUT2D eigenvalue weighted by molar-refractivity contribution is -0.141. The Balaban J connectivity index is 1.62. The number of carbonyl (C=O) groups is 1. The van der Waals surface area contributed by atoms with Gasteiger partial charge in [-0.3, -0.25) is 9.78 Å². The molecule has 0 saturated heterocycles. The van der Waals surface area contributed by atoms with Crippen molar-refractivity contribution in [3.63, 3.8) is 0 Å². The molecule has 0 aliphatic rings. The van der Waals surface area contributed by atoms with Crippen LogP contribution in [-0.2, 0) is 17.4 Å². The molecule has 7 heteroatoms. The minimum atomic E-state index is -4.45. The summed E-state index contributed by atoms with van der Waals surface area (Å²) in [6.45, 7) is 0.226. The fourth-order valence-corrected chi connectivity index (χ4v) is 2.80. The molecule has 4 nitrogen and oxygen atoms in total. The van der Waals surface area contributed by atoms with Crippen LogP contribution in [0.1, 0.15) is 16.8 Å². The maximum Gasteiger partial charge on any atom is 0.433 e. The molecule has 0 atom stereocenters. The molecule has 1 heterocycles. The van der Waals surface area contributed by atoms with Gasteiger partial charge >= 0.3 is 12.1 Å². The fourth-order valence-electron chi connectivity index (χ4n) is 2.80. The van der Waals surface area contributed by atoms with Crippen molar-refractivity contribution in [2.24, 2.45) is 0 Å². The van der Waals surface area contributed by atoms with Crippen molar-refractivity contribution in [2.45, 2.75) is 12.6 Å². The van der Waals surface area contributed by atoms with Gasteiger partial charge in [0.1, 0.15) is 18.1 Å². The van der Waals surface area contributed by atoms with Gasteiger partial charge < -0.3 is 9.84 Å². The molecule has 154 valence electrons. The van der Waals surface area contributed by atoms with Crippen molar-refractivity contribution in [1.82, 2.24) is 4.98 Å². The number of nitrogens with zero attached hydrogens (tertiary/aromatic N) is 1. The summed E-state index contributed by atoms with van der Waals surface area (Å²) in [5, 5.41) is 8.94. The summed E-state index contributed by atoms with van der Waals surface area (Å²) in [5.41, 5.74) is 2.08.